The first-order valence-corrected chi connectivity index (χ1v) is 8.07. The van der Waals surface area contributed by atoms with Crippen molar-refractivity contribution < 1.29 is 4.79 Å². The SMILES string of the molecule is CCc1cccc(NC(=O)/C=C/c2ccc(C(C)(C)C)cc2)c1. The molecule has 0 atom stereocenters. The van der Waals surface area contributed by atoms with Crippen molar-refractivity contribution in [1.29, 1.82) is 0 Å². The van der Waals surface area contributed by atoms with E-state index in [2.05, 4.69) is 51.2 Å². The molecule has 2 nitrogen and oxygen atoms in total. The highest BCUT2D eigenvalue weighted by Crippen LogP contribution is 2.22. The van der Waals surface area contributed by atoms with E-state index >= 15 is 0 Å². The number of aryl methyl sites for hydroxylation is 1. The molecule has 0 heterocycles. The van der Waals surface area contributed by atoms with Crippen LogP contribution in [-0.2, 0) is 16.6 Å². The second-order valence-corrected chi connectivity index (χ2v) is 6.75. The Morgan fingerprint density at radius 1 is 1.09 bits per heavy atom. The van der Waals surface area contributed by atoms with Gasteiger partial charge in [0, 0.05) is 11.8 Å². The van der Waals surface area contributed by atoms with Crippen LogP contribution >= 0.6 is 0 Å². The Morgan fingerprint density at radius 2 is 1.78 bits per heavy atom. The number of rotatable bonds is 4. The van der Waals surface area contributed by atoms with Gasteiger partial charge in [-0.1, -0.05) is 64.1 Å². The van der Waals surface area contributed by atoms with Gasteiger partial charge in [-0.2, -0.15) is 0 Å². The monoisotopic (exact) mass is 307 g/mol. The zero-order chi connectivity index (χ0) is 16.9. The van der Waals surface area contributed by atoms with Gasteiger partial charge in [0.1, 0.15) is 0 Å². The quantitative estimate of drug-likeness (QED) is 0.773. The molecule has 0 unspecified atom stereocenters. The maximum Gasteiger partial charge on any atom is 0.248 e. The van der Waals surface area contributed by atoms with Gasteiger partial charge in [-0.25, -0.2) is 0 Å². The lowest BCUT2D eigenvalue weighted by Gasteiger charge is -2.18. The number of nitrogens with one attached hydrogen (secondary N) is 1. The summed E-state index contributed by atoms with van der Waals surface area (Å²) in [6.45, 7) is 8.67. The van der Waals surface area contributed by atoms with Gasteiger partial charge in [-0.15, -0.1) is 0 Å². The van der Waals surface area contributed by atoms with Gasteiger partial charge in [0.05, 0.1) is 0 Å². The molecule has 0 aliphatic carbocycles. The first kappa shape index (κ1) is 17.0. The summed E-state index contributed by atoms with van der Waals surface area (Å²) in [6, 6.07) is 16.2. The van der Waals surface area contributed by atoms with E-state index in [0.29, 0.717) is 0 Å². The predicted octanol–water partition coefficient (Wildman–Crippen LogP) is 5.20. The zero-order valence-electron chi connectivity index (χ0n) is 14.4. The standard InChI is InChI=1S/C21H25NO/c1-5-16-7-6-8-19(15-16)22-20(23)14-11-17-9-12-18(13-10-17)21(2,3)4/h6-15H,5H2,1-4H3,(H,22,23)/b14-11+. The normalized spacial score (nSPS) is 11.7. The fourth-order valence-electron chi connectivity index (χ4n) is 2.32. The molecule has 1 amide bonds. The van der Waals surface area contributed by atoms with Gasteiger partial charge in [-0.3, -0.25) is 4.79 Å². The van der Waals surface area contributed by atoms with Crippen molar-refractivity contribution >= 4 is 17.7 Å². The lowest BCUT2D eigenvalue weighted by molar-refractivity contribution is -0.111. The van der Waals surface area contributed by atoms with Crippen molar-refractivity contribution in [2.45, 2.75) is 39.5 Å². The minimum Gasteiger partial charge on any atom is -0.323 e. The third-order valence-electron chi connectivity index (χ3n) is 3.81. The summed E-state index contributed by atoms with van der Waals surface area (Å²) in [4.78, 5) is 12.0. The van der Waals surface area contributed by atoms with Crippen LogP contribution in [0.5, 0.6) is 0 Å². The van der Waals surface area contributed by atoms with Gasteiger partial charge in [0.15, 0.2) is 0 Å². The number of benzene rings is 2. The molecule has 0 aliphatic heterocycles. The fraction of sp³-hybridized carbons (Fsp3) is 0.286. The van der Waals surface area contributed by atoms with E-state index in [0.717, 1.165) is 17.7 Å². The fourth-order valence-corrected chi connectivity index (χ4v) is 2.32. The molecule has 120 valence electrons. The van der Waals surface area contributed by atoms with Crippen LogP contribution in [0.2, 0.25) is 0 Å². The predicted molar refractivity (Wildman–Crippen MR) is 98.6 cm³/mol. The Kier molecular flexibility index (Phi) is 5.38. The van der Waals surface area contributed by atoms with Crippen molar-refractivity contribution in [2.75, 3.05) is 5.32 Å². The smallest absolute Gasteiger partial charge is 0.248 e. The molecule has 0 bridgehead atoms. The van der Waals surface area contributed by atoms with Gasteiger partial charge in [0.2, 0.25) is 5.91 Å². The van der Waals surface area contributed by atoms with Gasteiger partial charge in [0.25, 0.3) is 0 Å². The van der Waals surface area contributed by atoms with Crippen LogP contribution < -0.4 is 5.32 Å². The molecule has 0 radical (unpaired) electrons. The number of carbonyl (C=O) groups excluding carboxylic acids is 1. The number of anilines is 1. The second kappa shape index (κ2) is 7.28. The Labute approximate surface area is 139 Å². The highest BCUT2D eigenvalue weighted by atomic mass is 16.1. The van der Waals surface area contributed by atoms with Crippen LogP contribution in [-0.4, -0.2) is 5.91 Å². The molecule has 2 aromatic carbocycles. The first-order valence-electron chi connectivity index (χ1n) is 8.07. The molecule has 2 rings (SSSR count). The number of carbonyl (C=O) groups is 1. The molecule has 0 spiro atoms. The summed E-state index contributed by atoms with van der Waals surface area (Å²) in [5.41, 5.74) is 4.50. The molecule has 0 saturated heterocycles. The van der Waals surface area contributed by atoms with Gasteiger partial charge in [-0.05, 0) is 46.7 Å². The van der Waals surface area contributed by atoms with Crippen molar-refractivity contribution in [3.8, 4) is 0 Å². The van der Waals surface area contributed by atoms with Crippen LogP contribution in [0.15, 0.2) is 54.6 Å². The van der Waals surface area contributed by atoms with E-state index in [-0.39, 0.29) is 11.3 Å². The van der Waals surface area contributed by atoms with Crippen molar-refractivity contribution in [3.05, 3.63) is 71.3 Å². The number of hydrogen-bond donors (Lipinski definition) is 1. The number of amides is 1. The maximum atomic E-state index is 12.0. The Morgan fingerprint density at radius 3 is 2.39 bits per heavy atom. The largest absolute Gasteiger partial charge is 0.323 e. The second-order valence-electron chi connectivity index (χ2n) is 6.75. The van der Waals surface area contributed by atoms with Crippen LogP contribution in [0.25, 0.3) is 6.08 Å². The highest BCUT2D eigenvalue weighted by Gasteiger charge is 2.12. The van der Waals surface area contributed by atoms with E-state index in [1.54, 1.807) is 6.08 Å². The summed E-state index contributed by atoms with van der Waals surface area (Å²) in [5.74, 6) is -0.113. The topological polar surface area (TPSA) is 29.1 Å². The summed E-state index contributed by atoms with van der Waals surface area (Å²) >= 11 is 0. The molecule has 0 fully saturated rings. The van der Waals surface area contributed by atoms with Crippen molar-refractivity contribution in [3.63, 3.8) is 0 Å². The average Bonchev–Trinajstić information content (AvgIpc) is 2.52. The Hall–Kier alpha value is -2.35. The molecule has 23 heavy (non-hydrogen) atoms. The highest BCUT2D eigenvalue weighted by molar-refractivity contribution is 6.01. The molecule has 1 N–H and O–H groups in total. The summed E-state index contributed by atoms with van der Waals surface area (Å²) in [7, 11) is 0. The van der Waals surface area contributed by atoms with Crippen LogP contribution in [0.1, 0.15) is 44.4 Å². The molecule has 0 saturated carbocycles. The van der Waals surface area contributed by atoms with Crippen LogP contribution in [0, 0.1) is 0 Å². The lowest BCUT2D eigenvalue weighted by atomic mass is 9.87. The van der Waals surface area contributed by atoms with Crippen molar-refractivity contribution in [2.24, 2.45) is 0 Å². The minimum absolute atomic E-state index is 0.113. The Bertz CT molecular complexity index is 691. The lowest BCUT2D eigenvalue weighted by Crippen LogP contribution is -2.10. The van der Waals surface area contributed by atoms with E-state index in [4.69, 9.17) is 0 Å². The minimum atomic E-state index is -0.113. The van der Waals surface area contributed by atoms with Gasteiger partial charge >= 0.3 is 0 Å². The van der Waals surface area contributed by atoms with E-state index in [9.17, 15) is 4.79 Å². The summed E-state index contributed by atoms with van der Waals surface area (Å²) in [6.07, 6.45) is 4.37. The average molecular weight is 307 g/mol. The third kappa shape index (κ3) is 5.10. The van der Waals surface area contributed by atoms with Crippen LogP contribution in [0.4, 0.5) is 5.69 Å². The van der Waals surface area contributed by atoms with Crippen molar-refractivity contribution in [1.82, 2.24) is 0 Å². The summed E-state index contributed by atoms with van der Waals surface area (Å²) in [5, 5.41) is 2.90. The molecule has 0 aromatic heterocycles. The Balaban J connectivity index is 2.00. The molecule has 0 aliphatic rings. The molecule has 2 aromatic rings. The van der Waals surface area contributed by atoms with Gasteiger partial charge < -0.3 is 5.32 Å². The van der Waals surface area contributed by atoms with E-state index in [1.165, 1.54) is 11.1 Å². The first-order chi connectivity index (χ1) is 10.9. The summed E-state index contributed by atoms with van der Waals surface area (Å²) < 4.78 is 0. The molecular weight excluding hydrogens is 282 g/mol. The third-order valence-corrected chi connectivity index (χ3v) is 3.81. The van der Waals surface area contributed by atoms with Crippen LogP contribution in [0.3, 0.4) is 0 Å². The zero-order valence-corrected chi connectivity index (χ0v) is 14.4. The maximum absolute atomic E-state index is 12.0. The molecular formula is C21H25NO. The van der Waals surface area contributed by atoms with E-state index < -0.39 is 0 Å². The number of hydrogen-bond acceptors (Lipinski definition) is 1. The molecule has 2 heteroatoms. The van der Waals surface area contributed by atoms with E-state index in [1.807, 2.05) is 36.4 Å².